The predicted molar refractivity (Wildman–Crippen MR) is 63.3 cm³/mol. The molecule has 0 aromatic heterocycles. The minimum absolute atomic E-state index is 0.166. The SMILES string of the molecule is COC(C)(C)CCOCC(O)(CN)C1CC1. The Labute approximate surface area is 98.1 Å². The molecule has 1 saturated carbocycles. The van der Waals surface area contributed by atoms with E-state index in [1.165, 1.54) is 0 Å². The van der Waals surface area contributed by atoms with Gasteiger partial charge in [0.1, 0.15) is 5.60 Å². The second kappa shape index (κ2) is 5.45. The van der Waals surface area contributed by atoms with Crippen LogP contribution in [0, 0.1) is 5.92 Å². The Hall–Kier alpha value is -0.160. The lowest BCUT2D eigenvalue weighted by molar-refractivity contribution is -0.0703. The molecule has 96 valence electrons. The molecule has 0 radical (unpaired) electrons. The summed E-state index contributed by atoms with van der Waals surface area (Å²) >= 11 is 0. The fourth-order valence-corrected chi connectivity index (χ4v) is 1.63. The van der Waals surface area contributed by atoms with Gasteiger partial charge in [0.25, 0.3) is 0 Å². The molecule has 0 saturated heterocycles. The quantitative estimate of drug-likeness (QED) is 0.610. The summed E-state index contributed by atoms with van der Waals surface area (Å²) < 4.78 is 10.8. The van der Waals surface area contributed by atoms with Gasteiger partial charge in [0.05, 0.1) is 12.2 Å². The highest BCUT2D eigenvalue weighted by molar-refractivity contribution is 4.95. The average molecular weight is 231 g/mol. The van der Waals surface area contributed by atoms with Crippen molar-refractivity contribution in [3.63, 3.8) is 0 Å². The Kier molecular flexibility index (Phi) is 4.73. The topological polar surface area (TPSA) is 64.7 Å². The molecule has 0 bridgehead atoms. The molecule has 0 aliphatic heterocycles. The highest BCUT2D eigenvalue weighted by atomic mass is 16.5. The van der Waals surface area contributed by atoms with Crippen LogP contribution < -0.4 is 5.73 Å². The van der Waals surface area contributed by atoms with Crippen molar-refractivity contribution in [2.75, 3.05) is 26.9 Å². The first-order valence-corrected chi connectivity index (χ1v) is 5.99. The summed E-state index contributed by atoms with van der Waals surface area (Å²) in [6.45, 7) is 5.26. The first-order chi connectivity index (χ1) is 7.43. The predicted octanol–water partition coefficient (Wildman–Crippen LogP) is 0.918. The number of ether oxygens (including phenoxy) is 2. The van der Waals surface area contributed by atoms with Crippen LogP contribution in [0.25, 0.3) is 0 Å². The molecule has 1 aliphatic carbocycles. The van der Waals surface area contributed by atoms with Gasteiger partial charge in [0, 0.05) is 20.3 Å². The van der Waals surface area contributed by atoms with Crippen LogP contribution in [-0.2, 0) is 9.47 Å². The van der Waals surface area contributed by atoms with Gasteiger partial charge >= 0.3 is 0 Å². The van der Waals surface area contributed by atoms with Crippen molar-refractivity contribution in [2.45, 2.75) is 44.3 Å². The van der Waals surface area contributed by atoms with Crippen molar-refractivity contribution in [1.82, 2.24) is 0 Å². The van der Waals surface area contributed by atoms with E-state index in [1.54, 1.807) is 7.11 Å². The van der Waals surface area contributed by atoms with E-state index < -0.39 is 5.60 Å². The number of hydrogen-bond donors (Lipinski definition) is 2. The molecule has 1 rings (SSSR count). The van der Waals surface area contributed by atoms with Crippen molar-refractivity contribution in [3.05, 3.63) is 0 Å². The van der Waals surface area contributed by atoms with Crippen molar-refractivity contribution in [2.24, 2.45) is 11.7 Å². The molecular formula is C12H25NO3. The van der Waals surface area contributed by atoms with E-state index in [-0.39, 0.29) is 12.1 Å². The van der Waals surface area contributed by atoms with Gasteiger partial charge in [0.15, 0.2) is 0 Å². The first-order valence-electron chi connectivity index (χ1n) is 5.99. The van der Waals surface area contributed by atoms with Gasteiger partial charge in [-0.05, 0) is 39.0 Å². The molecular weight excluding hydrogens is 206 g/mol. The van der Waals surface area contributed by atoms with Crippen LogP contribution in [0.2, 0.25) is 0 Å². The number of aliphatic hydroxyl groups is 1. The summed E-state index contributed by atoms with van der Waals surface area (Å²) in [7, 11) is 1.69. The van der Waals surface area contributed by atoms with Gasteiger partial charge in [-0.3, -0.25) is 0 Å². The third kappa shape index (κ3) is 4.01. The molecule has 1 fully saturated rings. The highest BCUT2D eigenvalue weighted by Gasteiger charge is 2.42. The lowest BCUT2D eigenvalue weighted by atomic mass is 9.99. The first kappa shape index (κ1) is 13.9. The van der Waals surface area contributed by atoms with Gasteiger partial charge in [0.2, 0.25) is 0 Å². The summed E-state index contributed by atoms with van der Waals surface area (Å²) in [5, 5.41) is 10.2. The number of hydrogen-bond acceptors (Lipinski definition) is 4. The fraction of sp³-hybridized carbons (Fsp3) is 1.00. The van der Waals surface area contributed by atoms with E-state index in [1.807, 2.05) is 13.8 Å². The van der Waals surface area contributed by atoms with Gasteiger partial charge in [-0.1, -0.05) is 0 Å². The van der Waals surface area contributed by atoms with Crippen molar-refractivity contribution >= 4 is 0 Å². The van der Waals surface area contributed by atoms with E-state index in [0.29, 0.717) is 19.1 Å². The van der Waals surface area contributed by atoms with Gasteiger partial charge in [-0.25, -0.2) is 0 Å². The Bertz CT molecular complexity index is 216. The van der Waals surface area contributed by atoms with Crippen LogP contribution in [0.1, 0.15) is 33.1 Å². The second-order valence-corrected chi connectivity index (χ2v) is 5.35. The molecule has 1 unspecified atom stereocenters. The van der Waals surface area contributed by atoms with Gasteiger partial charge < -0.3 is 20.3 Å². The summed E-state index contributed by atoms with van der Waals surface area (Å²) in [6.07, 6.45) is 2.95. The standard InChI is InChI=1S/C12H25NO3/c1-11(2,15-3)6-7-16-9-12(14,8-13)10-4-5-10/h10,14H,4-9,13H2,1-3H3. The average Bonchev–Trinajstić information content (AvgIpc) is 3.08. The van der Waals surface area contributed by atoms with Crippen LogP contribution in [0.4, 0.5) is 0 Å². The molecule has 0 amide bonds. The largest absolute Gasteiger partial charge is 0.386 e. The van der Waals surface area contributed by atoms with E-state index in [0.717, 1.165) is 19.3 Å². The number of rotatable bonds is 8. The third-order valence-corrected chi connectivity index (χ3v) is 3.44. The van der Waals surface area contributed by atoms with E-state index in [9.17, 15) is 5.11 Å². The molecule has 1 aliphatic rings. The minimum atomic E-state index is -0.808. The van der Waals surface area contributed by atoms with Crippen LogP contribution in [0.15, 0.2) is 0 Å². The fourth-order valence-electron chi connectivity index (χ4n) is 1.63. The second-order valence-electron chi connectivity index (χ2n) is 5.35. The minimum Gasteiger partial charge on any atom is -0.386 e. The Balaban J connectivity index is 2.19. The lowest BCUT2D eigenvalue weighted by Crippen LogP contribution is -2.44. The van der Waals surface area contributed by atoms with Crippen molar-refractivity contribution in [3.8, 4) is 0 Å². The molecule has 0 heterocycles. The number of nitrogens with two attached hydrogens (primary N) is 1. The molecule has 16 heavy (non-hydrogen) atoms. The monoisotopic (exact) mass is 231 g/mol. The maximum Gasteiger partial charge on any atom is 0.103 e. The Morgan fingerprint density at radius 2 is 2.00 bits per heavy atom. The van der Waals surface area contributed by atoms with Gasteiger partial charge in [-0.15, -0.1) is 0 Å². The van der Waals surface area contributed by atoms with Crippen LogP contribution >= 0.6 is 0 Å². The van der Waals surface area contributed by atoms with E-state index >= 15 is 0 Å². The summed E-state index contributed by atoms with van der Waals surface area (Å²) in [4.78, 5) is 0. The molecule has 3 N–H and O–H groups in total. The van der Waals surface area contributed by atoms with Crippen molar-refractivity contribution < 1.29 is 14.6 Å². The normalized spacial score (nSPS) is 20.8. The Morgan fingerprint density at radius 1 is 1.38 bits per heavy atom. The molecule has 4 heteroatoms. The summed E-state index contributed by atoms with van der Waals surface area (Å²) in [6, 6.07) is 0. The van der Waals surface area contributed by atoms with Crippen LogP contribution in [0.5, 0.6) is 0 Å². The zero-order chi connectivity index (χ0) is 12.2. The molecule has 0 aromatic carbocycles. The molecule has 4 nitrogen and oxygen atoms in total. The van der Waals surface area contributed by atoms with Crippen molar-refractivity contribution in [1.29, 1.82) is 0 Å². The zero-order valence-electron chi connectivity index (χ0n) is 10.7. The molecule has 0 aromatic rings. The lowest BCUT2D eigenvalue weighted by Gasteiger charge is -2.27. The summed E-state index contributed by atoms with van der Waals surface area (Å²) in [5.74, 6) is 0.341. The highest BCUT2D eigenvalue weighted by Crippen LogP contribution is 2.39. The molecule has 0 spiro atoms. The van der Waals surface area contributed by atoms with Crippen LogP contribution in [0.3, 0.4) is 0 Å². The third-order valence-electron chi connectivity index (χ3n) is 3.44. The summed E-state index contributed by atoms with van der Waals surface area (Å²) in [5.41, 5.74) is 4.61. The zero-order valence-corrected chi connectivity index (χ0v) is 10.7. The maximum absolute atomic E-state index is 10.2. The number of methoxy groups -OCH3 is 1. The maximum atomic E-state index is 10.2. The van der Waals surface area contributed by atoms with E-state index in [2.05, 4.69) is 0 Å². The van der Waals surface area contributed by atoms with E-state index in [4.69, 9.17) is 15.2 Å². The van der Waals surface area contributed by atoms with Gasteiger partial charge in [-0.2, -0.15) is 0 Å². The van der Waals surface area contributed by atoms with Crippen LogP contribution in [-0.4, -0.2) is 43.2 Å². The smallest absolute Gasteiger partial charge is 0.103 e. The Morgan fingerprint density at radius 3 is 2.44 bits per heavy atom. The molecule has 1 atom stereocenters.